The van der Waals surface area contributed by atoms with Crippen molar-refractivity contribution in [1.82, 2.24) is 0 Å². The minimum absolute atomic E-state index is 0.0172. The molecule has 2 N–H and O–H groups in total. The molecule has 2 nitrogen and oxygen atoms in total. The number of benzene rings is 2. The molecule has 0 aliphatic heterocycles. The molecule has 0 aliphatic rings. The van der Waals surface area contributed by atoms with Crippen LogP contribution >= 0.6 is 0 Å². The fourth-order valence-corrected chi connectivity index (χ4v) is 2.49. The maximum Gasteiger partial charge on any atom is 0.139 e. The Bertz CT molecular complexity index is 579. The monoisotopic (exact) mass is 283 g/mol. The Labute approximate surface area is 127 Å². The lowest BCUT2D eigenvalue weighted by Gasteiger charge is -2.26. The predicted molar refractivity (Wildman–Crippen MR) is 88.6 cm³/mol. The molecule has 0 fully saturated rings. The van der Waals surface area contributed by atoms with E-state index in [1.165, 1.54) is 16.7 Å². The summed E-state index contributed by atoms with van der Waals surface area (Å²) in [5.41, 5.74) is 9.99. The van der Waals surface area contributed by atoms with Crippen molar-refractivity contribution in [3.63, 3.8) is 0 Å². The van der Waals surface area contributed by atoms with E-state index < -0.39 is 0 Å². The smallest absolute Gasteiger partial charge is 0.139 e. The number of hydrogen-bond acceptors (Lipinski definition) is 2. The van der Waals surface area contributed by atoms with E-state index in [9.17, 15) is 0 Å². The number of ether oxygens (including phenoxy) is 1. The van der Waals surface area contributed by atoms with E-state index in [0.29, 0.717) is 0 Å². The zero-order chi connectivity index (χ0) is 15.2. The molecule has 2 rings (SSSR count). The predicted octanol–water partition coefficient (Wildman–Crippen LogP) is 4.41. The van der Waals surface area contributed by atoms with Crippen LogP contribution in [0.15, 0.2) is 48.5 Å². The second-order valence-electron chi connectivity index (χ2n) is 5.47. The molecule has 0 saturated carbocycles. The van der Waals surface area contributed by atoms with Gasteiger partial charge < -0.3 is 10.5 Å². The maximum absolute atomic E-state index is 6.31. The normalized spacial score (nSPS) is 13.7. The third-order valence-corrected chi connectivity index (χ3v) is 3.93. The lowest BCUT2D eigenvalue weighted by Crippen LogP contribution is -2.32. The van der Waals surface area contributed by atoms with Crippen molar-refractivity contribution in [2.24, 2.45) is 5.73 Å². The van der Waals surface area contributed by atoms with Gasteiger partial charge in [0.05, 0.1) is 0 Å². The van der Waals surface area contributed by atoms with Crippen LogP contribution in [0.1, 0.15) is 43.1 Å². The van der Waals surface area contributed by atoms with Crippen LogP contribution in [0.3, 0.4) is 0 Å². The zero-order valence-electron chi connectivity index (χ0n) is 13.2. The summed E-state index contributed by atoms with van der Waals surface area (Å²) in [7, 11) is 0. The van der Waals surface area contributed by atoms with Crippen LogP contribution in [0.2, 0.25) is 0 Å². The molecule has 2 aromatic rings. The Kier molecular flexibility index (Phi) is 5.40. The summed E-state index contributed by atoms with van der Waals surface area (Å²) in [6.07, 6.45) is 1.78. The molecule has 0 amide bonds. The van der Waals surface area contributed by atoms with Crippen molar-refractivity contribution < 1.29 is 4.74 Å². The van der Waals surface area contributed by atoms with Crippen LogP contribution in [0.25, 0.3) is 0 Å². The highest BCUT2D eigenvalue weighted by Gasteiger charge is 2.22. The van der Waals surface area contributed by atoms with Crippen LogP contribution in [0.5, 0.6) is 5.75 Å². The lowest BCUT2D eigenvalue weighted by atomic mass is 9.96. The highest BCUT2D eigenvalue weighted by molar-refractivity contribution is 5.33. The van der Waals surface area contributed by atoms with Gasteiger partial charge in [0, 0.05) is 6.04 Å². The first-order valence-electron chi connectivity index (χ1n) is 7.72. The third kappa shape index (κ3) is 3.85. The average molecular weight is 283 g/mol. The number of nitrogens with two attached hydrogens (primary N) is 1. The van der Waals surface area contributed by atoms with E-state index in [4.69, 9.17) is 10.5 Å². The standard InChI is InChI=1S/C19H25NO/c1-4-15-10-8-11-16(13-15)21-19(18(20)5-2)17-12-7-6-9-14(17)3/h6-13,18-19H,4-5,20H2,1-3H3. The van der Waals surface area contributed by atoms with Gasteiger partial charge in [0.25, 0.3) is 0 Å². The Balaban J connectivity index is 2.31. The minimum atomic E-state index is -0.108. The zero-order valence-corrected chi connectivity index (χ0v) is 13.2. The van der Waals surface area contributed by atoms with Crippen molar-refractivity contribution in [2.75, 3.05) is 0 Å². The number of aryl methyl sites for hydroxylation is 2. The van der Waals surface area contributed by atoms with Crippen LogP contribution < -0.4 is 10.5 Å². The fraction of sp³-hybridized carbons (Fsp3) is 0.368. The van der Waals surface area contributed by atoms with Gasteiger partial charge in [-0.1, -0.05) is 50.2 Å². The molecule has 0 heterocycles. The van der Waals surface area contributed by atoms with Crippen molar-refractivity contribution in [3.8, 4) is 5.75 Å². The average Bonchev–Trinajstić information content (AvgIpc) is 2.53. The van der Waals surface area contributed by atoms with Gasteiger partial charge >= 0.3 is 0 Å². The van der Waals surface area contributed by atoms with Crippen molar-refractivity contribution >= 4 is 0 Å². The second kappa shape index (κ2) is 7.28. The first kappa shape index (κ1) is 15.6. The Morgan fingerprint density at radius 2 is 1.81 bits per heavy atom. The summed E-state index contributed by atoms with van der Waals surface area (Å²) in [4.78, 5) is 0. The Hall–Kier alpha value is -1.80. The fourth-order valence-electron chi connectivity index (χ4n) is 2.49. The van der Waals surface area contributed by atoms with Gasteiger partial charge in [0.15, 0.2) is 0 Å². The second-order valence-corrected chi connectivity index (χ2v) is 5.47. The molecule has 2 aromatic carbocycles. The molecule has 2 heteroatoms. The highest BCUT2D eigenvalue weighted by atomic mass is 16.5. The molecule has 0 spiro atoms. The third-order valence-electron chi connectivity index (χ3n) is 3.93. The molecule has 112 valence electrons. The summed E-state index contributed by atoms with van der Waals surface area (Å²) in [6, 6.07) is 16.6. The van der Waals surface area contributed by atoms with Crippen molar-refractivity contribution in [3.05, 3.63) is 65.2 Å². The summed E-state index contributed by atoms with van der Waals surface area (Å²) in [5.74, 6) is 0.895. The van der Waals surface area contributed by atoms with Gasteiger partial charge in [-0.3, -0.25) is 0 Å². The van der Waals surface area contributed by atoms with Crippen molar-refractivity contribution in [1.29, 1.82) is 0 Å². The van der Waals surface area contributed by atoms with Crippen LogP contribution in [-0.2, 0) is 6.42 Å². The van der Waals surface area contributed by atoms with Crippen molar-refractivity contribution in [2.45, 2.75) is 45.8 Å². The van der Waals surface area contributed by atoms with Gasteiger partial charge in [0.1, 0.15) is 11.9 Å². The SMILES string of the molecule is CCc1cccc(OC(c2ccccc2C)C(N)CC)c1. The first-order chi connectivity index (χ1) is 10.2. The molecule has 21 heavy (non-hydrogen) atoms. The largest absolute Gasteiger partial charge is 0.484 e. The minimum Gasteiger partial charge on any atom is -0.484 e. The Morgan fingerprint density at radius 3 is 2.48 bits per heavy atom. The summed E-state index contributed by atoms with van der Waals surface area (Å²) in [5, 5.41) is 0. The van der Waals surface area contributed by atoms with Crippen LogP contribution in [-0.4, -0.2) is 6.04 Å². The molecular formula is C19H25NO. The molecule has 2 atom stereocenters. The van der Waals surface area contributed by atoms with E-state index in [-0.39, 0.29) is 12.1 Å². The molecule has 0 aromatic heterocycles. The molecule has 2 unspecified atom stereocenters. The summed E-state index contributed by atoms with van der Waals surface area (Å²) >= 11 is 0. The van der Waals surface area contributed by atoms with Gasteiger partial charge in [-0.2, -0.15) is 0 Å². The Morgan fingerprint density at radius 1 is 1.05 bits per heavy atom. The molecular weight excluding hydrogens is 258 g/mol. The van der Waals surface area contributed by atoms with E-state index >= 15 is 0 Å². The quantitative estimate of drug-likeness (QED) is 0.852. The molecule has 0 bridgehead atoms. The maximum atomic E-state index is 6.31. The molecule has 0 radical (unpaired) electrons. The van der Waals surface area contributed by atoms with E-state index in [2.05, 4.69) is 45.0 Å². The van der Waals surface area contributed by atoms with Gasteiger partial charge in [0.2, 0.25) is 0 Å². The number of rotatable bonds is 6. The van der Waals surface area contributed by atoms with E-state index in [1.54, 1.807) is 0 Å². The lowest BCUT2D eigenvalue weighted by molar-refractivity contribution is 0.170. The first-order valence-corrected chi connectivity index (χ1v) is 7.72. The van der Waals surface area contributed by atoms with E-state index in [1.807, 2.05) is 24.3 Å². The molecule has 0 saturated heterocycles. The van der Waals surface area contributed by atoms with Crippen LogP contribution in [0, 0.1) is 6.92 Å². The summed E-state index contributed by atoms with van der Waals surface area (Å²) in [6.45, 7) is 6.36. The van der Waals surface area contributed by atoms with E-state index in [0.717, 1.165) is 18.6 Å². The van der Waals surface area contributed by atoms with Gasteiger partial charge in [-0.25, -0.2) is 0 Å². The highest BCUT2D eigenvalue weighted by Crippen LogP contribution is 2.28. The van der Waals surface area contributed by atoms with Crippen LogP contribution in [0.4, 0.5) is 0 Å². The van der Waals surface area contributed by atoms with Gasteiger partial charge in [-0.05, 0) is 48.6 Å². The topological polar surface area (TPSA) is 35.2 Å². The van der Waals surface area contributed by atoms with Gasteiger partial charge in [-0.15, -0.1) is 0 Å². The number of hydrogen-bond donors (Lipinski definition) is 1. The molecule has 0 aliphatic carbocycles. The summed E-state index contributed by atoms with van der Waals surface area (Å²) < 4.78 is 6.25.